The molecule has 0 aliphatic rings. The van der Waals surface area contributed by atoms with E-state index < -0.39 is 23.3 Å². The first-order chi connectivity index (χ1) is 7.27. The molecule has 0 heterocycles. The smallest absolute Gasteiger partial charge is 0.284 e. The summed E-state index contributed by atoms with van der Waals surface area (Å²) in [5, 5.41) is 0. The summed E-state index contributed by atoms with van der Waals surface area (Å²) in [4.78, 5) is 10.9. The number of aryl methyl sites for hydroxylation is 1. The highest BCUT2D eigenvalue weighted by atomic mass is 79.9. The van der Waals surface area contributed by atoms with Gasteiger partial charge in [-0.25, -0.2) is 4.39 Å². The van der Waals surface area contributed by atoms with Crippen LogP contribution in [0, 0.1) is 5.82 Å². The van der Waals surface area contributed by atoms with Gasteiger partial charge in [0.2, 0.25) is 0 Å². The van der Waals surface area contributed by atoms with Gasteiger partial charge in [0, 0.05) is 0 Å². The summed E-state index contributed by atoms with van der Waals surface area (Å²) >= 11 is 2.78. The van der Waals surface area contributed by atoms with Crippen molar-refractivity contribution in [2.45, 2.75) is 19.5 Å². The summed E-state index contributed by atoms with van der Waals surface area (Å²) in [5.41, 5.74) is -0.486. The van der Waals surface area contributed by atoms with Crippen molar-refractivity contribution in [2.24, 2.45) is 0 Å². The van der Waals surface area contributed by atoms with E-state index >= 15 is 0 Å². The molecule has 0 aliphatic carbocycles. The Morgan fingerprint density at radius 2 is 1.94 bits per heavy atom. The molecule has 0 unspecified atom stereocenters. The molecule has 0 spiro atoms. The Kier molecular flexibility index (Phi) is 3.72. The van der Waals surface area contributed by atoms with Gasteiger partial charge in [-0.05, 0) is 40.0 Å². The van der Waals surface area contributed by atoms with Crippen LogP contribution in [0.4, 0.5) is 17.6 Å². The Labute approximate surface area is 97.6 Å². The summed E-state index contributed by atoms with van der Waals surface area (Å²) in [6, 6.07) is 2.28. The van der Waals surface area contributed by atoms with Crippen LogP contribution in [0.25, 0.3) is 0 Å². The minimum atomic E-state index is -5.06. The van der Waals surface area contributed by atoms with Crippen LogP contribution in [0.1, 0.15) is 22.8 Å². The molecule has 88 valence electrons. The molecule has 1 aromatic rings. The van der Waals surface area contributed by atoms with Crippen molar-refractivity contribution in [1.29, 1.82) is 0 Å². The highest BCUT2D eigenvalue weighted by Gasteiger charge is 2.41. The molecule has 0 bridgehead atoms. The lowest BCUT2D eigenvalue weighted by molar-refractivity contribution is -0.0887. The van der Waals surface area contributed by atoms with Crippen molar-refractivity contribution in [3.63, 3.8) is 0 Å². The van der Waals surface area contributed by atoms with E-state index in [0.29, 0.717) is 12.0 Å². The van der Waals surface area contributed by atoms with Crippen molar-refractivity contribution in [3.05, 3.63) is 33.5 Å². The summed E-state index contributed by atoms with van der Waals surface area (Å²) in [7, 11) is 0. The quantitative estimate of drug-likeness (QED) is 0.598. The van der Waals surface area contributed by atoms with Crippen molar-refractivity contribution >= 4 is 21.7 Å². The van der Waals surface area contributed by atoms with Crippen molar-refractivity contribution < 1.29 is 22.4 Å². The normalized spacial score (nSPS) is 11.6. The van der Waals surface area contributed by atoms with Crippen molar-refractivity contribution in [2.75, 3.05) is 0 Å². The van der Waals surface area contributed by atoms with E-state index in [4.69, 9.17) is 0 Å². The lowest BCUT2D eigenvalue weighted by Gasteiger charge is -2.09. The minimum absolute atomic E-state index is 0.139. The van der Waals surface area contributed by atoms with E-state index in [2.05, 4.69) is 15.9 Å². The lowest BCUT2D eigenvalue weighted by Crippen LogP contribution is -2.24. The molecule has 6 heteroatoms. The number of alkyl halides is 3. The topological polar surface area (TPSA) is 17.1 Å². The predicted octanol–water partition coefficient (Wildman–Crippen LogP) is 3.90. The van der Waals surface area contributed by atoms with E-state index in [1.54, 1.807) is 6.92 Å². The van der Waals surface area contributed by atoms with E-state index in [0.717, 1.165) is 6.07 Å². The molecule has 0 saturated carbocycles. The third-order valence-electron chi connectivity index (χ3n) is 2.00. The maximum absolute atomic E-state index is 13.3. The van der Waals surface area contributed by atoms with Crippen LogP contribution in [-0.2, 0) is 6.42 Å². The average molecular weight is 299 g/mol. The molecular weight excluding hydrogens is 292 g/mol. The molecule has 1 rings (SSSR count). The van der Waals surface area contributed by atoms with Crippen LogP contribution in [0.5, 0.6) is 0 Å². The Hall–Kier alpha value is -0.910. The number of halogens is 5. The van der Waals surface area contributed by atoms with Crippen LogP contribution in [-0.4, -0.2) is 12.0 Å². The maximum Gasteiger partial charge on any atom is 0.454 e. The maximum atomic E-state index is 13.3. The molecule has 16 heavy (non-hydrogen) atoms. The second-order valence-electron chi connectivity index (χ2n) is 3.12. The molecule has 0 radical (unpaired) electrons. The number of carbonyl (C=O) groups excluding carboxylic acids is 1. The molecule has 1 aromatic carbocycles. The van der Waals surface area contributed by atoms with Gasteiger partial charge < -0.3 is 0 Å². The van der Waals surface area contributed by atoms with Crippen LogP contribution in [0.15, 0.2) is 16.6 Å². The third-order valence-corrected chi connectivity index (χ3v) is 2.58. The average Bonchev–Trinajstić information content (AvgIpc) is 2.19. The van der Waals surface area contributed by atoms with E-state index in [9.17, 15) is 22.4 Å². The summed E-state index contributed by atoms with van der Waals surface area (Å²) < 4.78 is 49.6. The van der Waals surface area contributed by atoms with Gasteiger partial charge in [-0.15, -0.1) is 0 Å². The number of rotatable bonds is 2. The molecule has 1 nitrogen and oxygen atoms in total. The fraction of sp³-hybridized carbons (Fsp3) is 0.300. The zero-order valence-electron chi connectivity index (χ0n) is 8.16. The molecule has 0 fully saturated rings. The Balaban J connectivity index is 3.33. The highest BCUT2D eigenvalue weighted by molar-refractivity contribution is 9.10. The van der Waals surface area contributed by atoms with Crippen LogP contribution in [0.2, 0.25) is 0 Å². The molecule has 0 saturated heterocycles. The zero-order valence-corrected chi connectivity index (χ0v) is 9.75. The molecular formula is C10H7BrF4O. The van der Waals surface area contributed by atoms with Gasteiger partial charge in [-0.3, -0.25) is 4.79 Å². The number of Topliss-reactive ketones (excluding diaryl/α,β-unsaturated/α-hetero) is 1. The number of ketones is 1. The molecule has 0 N–H and O–H groups in total. The van der Waals surface area contributed by atoms with Crippen molar-refractivity contribution in [3.8, 4) is 0 Å². The number of carbonyl (C=O) groups is 1. The molecule has 0 aromatic heterocycles. The first kappa shape index (κ1) is 13.2. The van der Waals surface area contributed by atoms with Gasteiger partial charge in [-0.1, -0.05) is 6.92 Å². The largest absolute Gasteiger partial charge is 0.454 e. The fourth-order valence-electron chi connectivity index (χ4n) is 1.17. The van der Waals surface area contributed by atoms with Crippen LogP contribution < -0.4 is 0 Å². The van der Waals surface area contributed by atoms with Crippen molar-refractivity contribution in [1.82, 2.24) is 0 Å². The van der Waals surface area contributed by atoms with Gasteiger partial charge in [0.05, 0.1) is 10.0 Å². The Bertz CT molecular complexity index is 426. The number of benzene rings is 1. The molecule has 0 aliphatic heterocycles. The zero-order chi connectivity index (χ0) is 12.5. The van der Waals surface area contributed by atoms with E-state index in [1.165, 1.54) is 6.07 Å². The number of hydrogen-bond donors (Lipinski definition) is 0. The molecule has 0 amide bonds. The number of hydrogen-bond acceptors (Lipinski definition) is 1. The molecule has 0 atom stereocenters. The second kappa shape index (κ2) is 4.53. The summed E-state index contributed by atoms with van der Waals surface area (Å²) in [6.45, 7) is 1.70. The van der Waals surface area contributed by atoms with Gasteiger partial charge in [0.25, 0.3) is 5.78 Å². The monoisotopic (exact) mass is 298 g/mol. The van der Waals surface area contributed by atoms with Gasteiger partial charge in [0.15, 0.2) is 0 Å². The van der Waals surface area contributed by atoms with Gasteiger partial charge in [0.1, 0.15) is 5.82 Å². The minimum Gasteiger partial charge on any atom is -0.284 e. The standard InChI is InChI=1S/C10H7BrF4O/c1-2-5-3-6(8(12)7(11)4-5)9(16)10(13,14)15/h3-4H,2H2,1H3. The van der Waals surface area contributed by atoms with E-state index in [1.807, 2.05) is 0 Å². The highest BCUT2D eigenvalue weighted by Crippen LogP contribution is 2.28. The first-order valence-electron chi connectivity index (χ1n) is 4.36. The Morgan fingerprint density at radius 1 is 1.38 bits per heavy atom. The van der Waals surface area contributed by atoms with Gasteiger partial charge in [-0.2, -0.15) is 13.2 Å². The SMILES string of the molecule is CCc1cc(Br)c(F)c(C(=O)C(F)(F)F)c1. The fourth-order valence-corrected chi connectivity index (χ4v) is 1.67. The third kappa shape index (κ3) is 2.61. The summed E-state index contributed by atoms with van der Waals surface area (Å²) in [6.07, 6.45) is -4.65. The van der Waals surface area contributed by atoms with Crippen LogP contribution in [0.3, 0.4) is 0 Å². The summed E-state index contributed by atoms with van der Waals surface area (Å²) in [5.74, 6) is -3.35. The Morgan fingerprint density at radius 3 is 2.38 bits per heavy atom. The van der Waals surface area contributed by atoms with Gasteiger partial charge >= 0.3 is 6.18 Å². The van der Waals surface area contributed by atoms with Crippen LogP contribution >= 0.6 is 15.9 Å². The van der Waals surface area contributed by atoms with E-state index in [-0.39, 0.29) is 4.47 Å². The lowest BCUT2D eigenvalue weighted by atomic mass is 10.0. The second-order valence-corrected chi connectivity index (χ2v) is 3.97. The predicted molar refractivity (Wildman–Crippen MR) is 53.9 cm³/mol. The first-order valence-corrected chi connectivity index (χ1v) is 5.16.